The number of aliphatic imine (C=N–C) groups is 2. The van der Waals surface area contributed by atoms with Crippen LogP contribution in [-0.2, 0) is 0 Å². The van der Waals surface area contributed by atoms with Crippen molar-refractivity contribution >= 4 is 58.7 Å². The highest BCUT2D eigenvalue weighted by atomic mass is 35.5. The minimum absolute atomic E-state index is 0. The smallest absolute Gasteiger partial charge is 0.230 e. The molecule has 29 heavy (non-hydrogen) atoms. The van der Waals surface area contributed by atoms with Crippen molar-refractivity contribution in [2.45, 2.75) is 9.79 Å². The molecule has 0 amide bonds. The van der Waals surface area contributed by atoms with Gasteiger partial charge < -0.3 is 20.1 Å². The molecule has 10 heteroatoms. The summed E-state index contributed by atoms with van der Waals surface area (Å²) in [6.07, 6.45) is 0. The molecular weight excluding hydrogens is 451 g/mol. The number of hydrogen-bond donors (Lipinski definition) is 2. The van der Waals surface area contributed by atoms with Gasteiger partial charge in [0.1, 0.15) is 11.5 Å². The van der Waals surface area contributed by atoms with E-state index in [0.717, 1.165) is 57.8 Å². The molecule has 0 radical (unpaired) electrons. The molecule has 6 nitrogen and oxygen atoms in total. The average Bonchev–Trinajstić information content (AvgIpc) is 3.39. The lowest BCUT2D eigenvalue weighted by molar-refractivity contribution is 0.120. The van der Waals surface area contributed by atoms with Gasteiger partial charge in [0.25, 0.3) is 0 Å². The van der Waals surface area contributed by atoms with Gasteiger partial charge in [0.2, 0.25) is 6.79 Å². The number of ether oxygens (including phenoxy) is 2. The number of thioether (sulfide) groups is 2. The third-order valence-electron chi connectivity index (χ3n) is 3.81. The SMILES string of the molecule is Cl.Cl.c1cc(SC2=NCCN2)ccc1OCOc1ccc(SC2=NCCN2)cc1. The average molecular weight is 473 g/mol. The quantitative estimate of drug-likeness (QED) is 0.618. The van der Waals surface area contributed by atoms with Crippen LogP contribution in [0.5, 0.6) is 11.5 Å². The number of nitrogens with zero attached hydrogens (tertiary/aromatic N) is 2. The molecule has 0 aromatic heterocycles. The van der Waals surface area contributed by atoms with Crippen molar-refractivity contribution in [3.63, 3.8) is 0 Å². The Balaban J connectivity index is 0.00000150. The molecule has 0 saturated heterocycles. The lowest BCUT2D eigenvalue weighted by Gasteiger charge is -2.10. The molecule has 156 valence electrons. The van der Waals surface area contributed by atoms with Gasteiger partial charge in [-0.2, -0.15) is 0 Å². The van der Waals surface area contributed by atoms with E-state index in [4.69, 9.17) is 9.47 Å². The predicted octanol–water partition coefficient (Wildman–Crippen LogP) is 4.05. The number of nitrogens with one attached hydrogen (secondary N) is 2. The zero-order valence-electron chi connectivity index (χ0n) is 15.5. The van der Waals surface area contributed by atoms with E-state index in [1.54, 1.807) is 23.5 Å². The number of benzene rings is 2. The van der Waals surface area contributed by atoms with Gasteiger partial charge in [-0.1, -0.05) is 23.5 Å². The van der Waals surface area contributed by atoms with E-state index in [2.05, 4.69) is 20.6 Å². The summed E-state index contributed by atoms with van der Waals surface area (Å²) in [6, 6.07) is 15.9. The molecule has 4 rings (SSSR count). The zero-order chi connectivity index (χ0) is 18.3. The molecule has 0 atom stereocenters. The lowest BCUT2D eigenvalue weighted by atomic mass is 10.3. The van der Waals surface area contributed by atoms with Gasteiger partial charge in [0.15, 0.2) is 10.3 Å². The van der Waals surface area contributed by atoms with Crippen molar-refractivity contribution in [2.75, 3.05) is 33.0 Å². The molecule has 2 N–H and O–H groups in total. The second-order valence-corrected chi connectivity index (χ2v) is 7.91. The second-order valence-electron chi connectivity index (χ2n) is 5.78. The Morgan fingerprint density at radius 2 is 1.10 bits per heavy atom. The summed E-state index contributed by atoms with van der Waals surface area (Å²) in [5.41, 5.74) is 0. The minimum atomic E-state index is 0. The highest BCUT2D eigenvalue weighted by molar-refractivity contribution is 8.14. The molecule has 2 aliphatic rings. The predicted molar refractivity (Wildman–Crippen MR) is 126 cm³/mol. The van der Waals surface area contributed by atoms with Gasteiger partial charge >= 0.3 is 0 Å². The van der Waals surface area contributed by atoms with Crippen LogP contribution in [0.2, 0.25) is 0 Å². The van der Waals surface area contributed by atoms with E-state index in [9.17, 15) is 0 Å². The number of halogens is 2. The second kappa shape index (κ2) is 12.1. The van der Waals surface area contributed by atoms with Crippen LogP contribution in [0.25, 0.3) is 0 Å². The standard InChI is InChI=1S/C19H20N4O2S2.2ClH/c1-5-16(26-18-20-9-10-21-18)6-2-14(1)24-13-25-15-3-7-17(8-4-15)27-19-22-11-12-23-19;;/h1-8H,9-13H2,(H,20,21)(H,22,23);2*1H. The molecule has 0 aliphatic carbocycles. The lowest BCUT2D eigenvalue weighted by Crippen LogP contribution is -2.14. The molecule has 2 aromatic rings. The Kier molecular flexibility index (Phi) is 9.80. The van der Waals surface area contributed by atoms with E-state index >= 15 is 0 Å². The number of rotatable bonds is 6. The Morgan fingerprint density at radius 1 is 0.690 bits per heavy atom. The van der Waals surface area contributed by atoms with E-state index in [0.29, 0.717) is 0 Å². The molecule has 0 bridgehead atoms. The summed E-state index contributed by atoms with van der Waals surface area (Å²) in [5.74, 6) is 1.55. The largest absolute Gasteiger partial charge is 0.458 e. The fourth-order valence-corrected chi connectivity index (χ4v) is 4.14. The molecule has 0 unspecified atom stereocenters. The van der Waals surface area contributed by atoms with Gasteiger partial charge in [-0.25, -0.2) is 0 Å². The maximum Gasteiger partial charge on any atom is 0.230 e. The van der Waals surface area contributed by atoms with Crippen molar-refractivity contribution in [1.82, 2.24) is 10.6 Å². The zero-order valence-corrected chi connectivity index (χ0v) is 18.8. The molecule has 0 fully saturated rings. The van der Waals surface area contributed by atoms with E-state index in [-0.39, 0.29) is 31.6 Å². The van der Waals surface area contributed by atoms with Gasteiger partial charge in [-0.3, -0.25) is 9.98 Å². The summed E-state index contributed by atoms with van der Waals surface area (Å²) in [4.78, 5) is 11.0. The monoisotopic (exact) mass is 472 g/mol. The van der Waals surface area contributed by atoms with Crippen molar-refractivity contribution in [2.24, 2.45) is 9.98 Å². The fourth-order valence-electron chi connectivity index (χ4n) is 2.49. The summed E-state index contributed by atoms with van der Waals surface area (Å²) < 4.78 is 11.3. The third-order valence-corrected chi connectivity index (χ3v) is 5.76. The first-order valence-corrected chi connectivity index (χ1v) is 10.4. The van der Waals surface area contributed by atoms with Crippen molar-refractivity contribution < 1.29 is 9.47 Å². The molecular formula is C19H22Cl2N4O2S2. The number of amidine groups is 2. The van der Waals surface area contributed by atoms with Crippen molar-refractivity contribution in [3.05, 3.63) is 48.5 Å². The van der Waals surface area contributed by atoms with Crippen LogP contribution in [0.1, 0.15) is 0 Å². The first-order chi connectivity index (χ1) is 13.3. The summed E-state index contributed by atoms with van der Waals surface area (Å²) in [6.45, 7) is 3.72. The molecule has 2 aromatic carbocycles. The molecule has 0 saturated carbocycles. The molecule has 2 heterocycles. The number of hydrogen-bond acceptors (Lipinski definition) is 8. The topological polar surface area (TPSA) is 67.2 Å². The highest BCUT2D eigenvalue weighted by Gasteiger charge is 2.08. The molecule has 0 spiro atoms. The van der Waals surface area contributed by atoms with Crippen LogP contribution in [-0.4, -0.2) is 43.3 Å². The van der Waals surface area contributed by atoms with Crippen molar-refractivity contribution in [3.8, 4) is 11.5 Å². The van der Waals surface area contributed by atoms with Crippen molar-refractivity contribution in [1.29, 1.82) is 0 Å². The van der Waals surface area contributed by atoms with E-state index in [1.807, 2.05) is 48.5 Å². The Morgan fingerprint density at radius 3 is 1.45 bits per heavy atom. The van der Waals surface area contributed by atoms with Crippen LogP contribution in [0.3, 0.4) is 0 Å². The summed E-state index contributed by atoms with van der Waals surface area (Å²) in [5, 5.41) is 8.45. The van der Waals surface area contributed by atoms with Gasteiger partial charge in [0, 0.05) is 22.9 Å². The van der Waals surface area contributed by atoms with Gasteiger partial charge in [0.05, 0.1) is 13.1 Å². The Labute approximate surface area is 191 Å². The van der Waals surface area contributed by atoms with Gasteiger partial charge in [-0.05, 0) is 48.5 Å². The van der Waals surface area contributed by atoms with Crippen LogP contribution in [0, 0.1) is 0 Å². The third kappa shape index (κ3) is 7.22. The van der Waals surface area contributed by atoms with Gasteiger partial charge in [-0.15, -0.1) is 24.8 Å². The first kappa shape index (κ1) is 23.5. The minimum Gasteiger partial charge on any atom is -0.458 e. The molecule has 2 aliphatic heterocycles. The normalized spacial score (nSPS) is 14.5. The van der Waals surface area contributed by atoms with E-state index < -0.39 is 0 Å². The van der Waals surface area contributed by atoms with Crippen LogP contribution < -0.4 is 20.1 Å². The Hall–Kier alpha value is -1.74. The Bertz CT molecular complexity index is 764. The maximum atomic E-state index is 5.66. The summed E-state index contributed by atoms with van der Waals surface area (Å²) >= 11 is 3.26. The summed E-state index contributed by atoms with van der Waals surface area (Å²) in [7, 11) is 0. The maximum absolute atomic E-state index is 5.66. The van der Waals surface area contributed by atoms with Crippen LogP contribution in [0.15, 0.2) is 68.3 Å². The van der Waals surface area contributed by atoms with Crippen LogP contribution >= 0.6 is 48.3 Å². The first-order valence-electron chi connectivity index (χ1n) is 8.73. The fraction of sp³-hybridized carbons (Fsp3) is 0.263. The highest BCUT2D eigenvalue weighted by Crippen LogP contribution is 2.24. The van der Waals surface area contributed by atoms with Crippen LogP contribution in [0.4, 0.5) is 0 Å². The van der Waals surface area contributed by atoms with E-state index in [1.165, 1.54) is 0 Å².